The number of benzene rings is 4. The van der Waals surface area contributed by atoms with Crippen LogP contribution in [0.15, 0.2) is 134 Å². The summed E-state index contributed by atoms with van der Waals surface area (Å²) >= 11 is 0. The SMILES string of the molecule is FC(F)(F)c1ccc[c-]c1-n1cc(-c2ccc(-c3ccccc3)cc2)cn1.[Ir].[c-]1ccccc1-c1ccccn1. The van der Waals surface area contributed by atoms with Crippen molar-refractivity contribution >= 4 is 0 Å². The molecule has 0 amide bonds. The van der Waals surface area contributed by atoms with E-state index in [0.29, 0.717) is 0 Å². The zero-order valence-electron chi connectivity index (χ0n) is 21.0. The van der Waals surface area contributed by atoms with Gasteiger partial charge in [-0.2, -0.15) is 42.5 Å². The number of halogens is 3. The van der Waals surface area contributed by atoms with Crippen LogP contribution < -0.4 is 0 Å². The summed E-state index contributed by atoms with van der Waals surface area (Å²) in [6, 6.07) is 41.0. The summed E-state index contributed by atoms with van der Waals surface area (Å²) in [5.74, 6) is 0. The minimum absolute atomic E-state index is 0. The van der Waals surface area contributed by atoms with Crippen LogP contribution in [-0.4, -0.2) is 14.8 Å². The number of rotatable bonds is 4. The van der Waals surface area contributed by atoms with Gasteiger partial charge in [0, 0.05) is 38.1 Å². The average molecular weight is 710 g/mol. The van der Waals surface area contributed by atoms with E-state index >= 15 is 0 Å². The predicted octanol–water partition coefficient (Wildman–Crippen LogP) is 8.57. The van der Waals surface area contributed by atoms with E-state index in [0.717, 1.165) is 39.6 Å². The van der Waals surface area contributed by atoms with Crippen molar-refractivity contribution in [3.63, 3.8) is 0 Å². The van der Waals surface area contributed by atoms with Crippen LogP contribution in [-0.2, 0) is 26.3 Å². The van der Waals surface area contributed by atoms with Gasteiger partial charge in [-0.15, -0.1) is 35.9 Å². The Morgan fingerprint density at radius 2 is 1.27 bits per heavy atom. The van der Waals surface area contributed by atoms with Crippen LogP contribution in [0.3, 0.4) is 0 Å². The van der Waals surface area contributed by atoms with Gasteiger partial charge in [0.1, 0.15) is 0 Å². The van der Waals surface area contributed by atoms with Crippen LogP contribution in [0.2, 0.25) is 0 Å². The molecule has 6 aromatic rings. The number of hydrogen-bond acceptors (Lipinski definition) is 2. The number of alkyl halides is 3. The molecule has 0 aliphatic heterocycles. The smallest absolute Gasteiger partial charge is 0.305 e. The molecule has 0 fully saturated rings. The normalized spacial score (nSPS) is 10.7. The van der Waals surface area contributed by atoms with Crippen LogP contribution in [0.5, 0.6) is 0 Å². The van der Waals surface area contributed by atoms with Crippen LogP contribution in [0.1, 0.15) is 5.56 Å². The zero-order chi connectivity index (χ0) is 27.1. The van der Waals surface area contributed by atoms with Crippen LogP contribution in [0, 0.1) is 12.1 Å². The Labute approximate surface area is 244 Å². The molecule has 201 valence electrons. The van der Waals surface area contributed by atoms with Crippen molar-refractivity contribution < 1.29 is 33.3 Å². The van der Waals surface area contributed by atoms with E-state index in [1.807, 2.05) is 97.1 Å². The van der Waals surface area contributed by atoms with E-state index in [1.165, 1.54) is 16.8 Å². The maximum absolute atomic E-state index is 13.2. The first kappa shape index (κ1) is 28.7. The number of aromatic nitrogens is 3. The molecule has 40 heavy (non-hydrogen) atoms. The van der Waals surface area contributed by atoms with E-state index in [4.69, 9.17) is 0 Å². The van der Waals surface area contributed by atoms with Crippen molar-refractivity contribution in [2.45, 2.75) is 6.18 Å². The van der Waals surface area contributed by atoms with Crippen LogP contribution in [0.4, 0.5) is 13.2 Å². The van der Waals surface area contributed by atoms with Crippen molar-refractivity contribution in [2.75, 3.05) is 0 Å². The zero-order valence-corrected chi connectivity index (χ0v) is 23.4. The van der Waals surface area contributed by atoms with Crippen molar-refractivity contribution in [3.8, 4) is 39.2 Å². The van der Waals surface area contributed by atoms with Gasteiger partial charge in [-0.05, 0) is 39.7 Å². The minimum Gasteiger partial charge on any atom is -0.305 e. The molecule has 4 aromatic carbocycles. The van der Waals surface area contributed by atoms with Gasteiger partial charge >= 0.3 is 6.18 Å². The molecule has 0 bridgehead atoms. The molecule has 2 aromatic heterocycles. The largest absolute Gasteiger partial charge is 0.372 e. The summed E-state index contributed by atoms with van der Waals surface area (Å²) in [4.78, 5) is 4.22. The number of pyridine rings is 1. The Balaban J connectivity index is 0.000000238. The average Bonchev–Trinajstić information content (AvgIpc) is 3.49. The molecule has 2 heterocycles. The Kier molecular flexibility index (Phi) is 9.43. The molecule has 1 radical (unpaired) electrons. The van der Waals surface area contributed by atoms with E-state index < -0.39 is 11.7 Å². The molecule has 0 N–H and O–H groups in total. The van der Waals surface area contributed by atoms with Crippen molar-refractivity contribution in [1.29, 1.82) is 0 Å². The molecule has 0 unspecified atom stereocenters. The first-order valence-electron chi connectivity index (χ1n) is 12.2. The molecule has 0 saturated heterocycles. The van der Waals surface area contributed by atoms with E-state index in [1.54, 1.807) is 18.6 Å². The first-order chi connectivity index (χ1) is 19.0. The maximum Gasteiger partial charge on any atom is 0.372 e. The number of nitrogens with zero attached hydrogens (tertiary/aromatic N) is 3. The summed E-state index contributed by atoms with van der Waals surface area (Å²) < 4.78 is 40.8. The summed E-state index contributed by atoms with van der Waals surface area (Å²) in [5, 5.41) is 4.10. The van der Waals surface area contributed by atoms with Gasteiger partial charge in [-0.3, -0.25) is 4.68 Å². The quantitative estimate of drug-likeness (QED) is 0.172. The van der Waals surface area contributed by atoms with Gasteiger partial charge in [0.05, 0.1) is 6.20 Å². The van der Waals surface area contributed by atoms with Crippen molar-refractivity contribution in [2.24, 2.45) is 0 Å². The number of hydrogen-bond donors (Lipinski definition) is 0. The fourth-order valence-electron chi connectivity index (χ4n) is 4.00. The first-order valence-corrected chi connectivity index (χ1v) is 12.2. The van der Waals surface area contributed by atoms with Gasteiger partial charge in [0.2, 0.25) is 0 Å². The second-order valence-corrected chi connectivity index (χ2v) is 8.54. The molecule has 3 nitrogen and oxygen atoms in total. The molecule has 0 atom stereocenters. The monoisotopic (exact) mass is 710 g/mol. The van der Waals surface area contributed by atoms with Crippen LogP contribution in [0.25, 0.3) is 39.2 Å². The van der Waals surface area contributed by atoms with E-state index in [9.17, 15) is 13.2 Å². The Morgan fingerprint density at radius 3 is 1.93 bits per heavy atom. The third kappa shape index (κ3) is 7.00. The summed E-state index contributed by atoms with van der Waals surface area (Å²) in [7, 11) is 0. The van der Waals surface area contributed by atoms with Gasteiger partial charge in [-0.25, -0.2) is 0 Å². The van der Waals surface area contributed by atoms with Gasteiger partial charge in [0.15, 0.2) is 0 Å². The van der Waals surface area contributed by atoms with E-state index in [-0.39, 0.29) is 25.8 Å². The Morgan fingerprint density at radius 1 is 0.625 bits per heavy atom. The van der Waals surface area contributed by atoms with Gasteiger partial charge in [-0.1, -0.05) is 66.7 Å². The molecular formula is C33H22F3IrN3-2. The fraction of sp³-hybridized carbons (Fsp3) is 0.0303. The molecule has 6 rings (SSSR count). The number of para-hydroxylation sites is 1. The summed E-state index contributed by atoms with van der Waals surface area (Å²) in [6.07, 6.45) is 0.462. The van der Waals surface area contributed by atoms with Gasteiger partial charge < -0.3 is 4.98 Å². The van der Waals surface area contributed by atoms with Crippen LogP contribution >= 0.6 is 0 Å². The standard InChI is InChI=1S/C22H14F3N2.C11H8N.Ir/c23-22(24,25)20-8-4-5-9-21(20)27-15-19(14-26-27)18-12-10-17(11-13-18)16-6-2-1-3-7-16;1-2-6-10(7-3-1)11-8-4-5-9-12-11;/h1-8,10-15H;1-6,8-9H;/q2*-1;. The Bertz CT molecular complexity index is 1580. The van der Waals surface area contributed by atoms with Crippen molar-refractivity contribution in [3.05, 3.63) is 152 Å². The maximum atomic E-state index is 13.2. The third-order valence-corrected chi connectivity index (χ3v) is 5.93. The second-order valence-electron chi connectivity index (χ2n) is 8.54. The van der Waals surface area contributed by atoms with E-state index in [2.05, 4.69) is 22.2 Å². The molecule has 0 aliphatic carbocycles. The molecule has 7 heteroatoms. The van der Waals surface area contributed by atoms with Gasteiger partial charge in [0.25, 0.3) is 0 Å². The summed E-state index contributed by atoms with van der Waals surface area (Å²) in [5.41, 5.74) is 4.92. The second kappa shape index (κ2) is 13.2. The molecular weight excluding hydrogens is 688 g/mol. The topological polar surface area (TPSA) is 30.7 Å². The summed E-state index contributed by atoms with van der Waals surface area (Å²) in [6.45, 7) is 0. The molecule has 0 aliphatic rings. The minimum atomic E-state index is -4.46. The Hall–Kier alpha value is -4.32. The molecule has 0 spiro atoms. The predicted molar refractivity (Wildman–Crippen MR) is 147 cm³/mol. The third-order valence-electron chi connectivity index (χ3n) is 5.93. The fourth-order valence-corrected chi connectivity index (χ4v) is 4.00. The molecule has 0 saturated carbocycles. The van der Waals surface area contributed by atoms with Crippen molar-refractivity contribution in [1.82, 2.24) is 14.8 Å².